The molecule has 0 bridgehead atoms. The van der Waals surface area contributed by atoms with Gasteiger partial charge in [-0.05, 0) is 49.3 Å². The van der Waals surface area contributed by atoms with Gasteiger partial charge in [-0.25, -0.2) is 4.79 Å². The number of nitrogens with two attached hydrogens (primary N) is 1. The zero-order chi connectivity index (χ0) is 13.1. The maximum absolute atomic E-state index is 12.0. The average Bonchev–Trinajstić information content (AvgIpc) is 2.27. The van der Waals surface area contributed by atoms with E-state index >= 15 is 0 Å². The molecule has 1 saturated carbocycles. The van der Waals surface area contributed by atoms with E-state index in [-0.39, 0.29) is 12.1 Å². The standard InChI is InChI=1S/C15H21NO2/c1-10-6-11(2)8-14(7-10)18-15(17)12-4-3-5-13(16)9-12/h3-5,9-11,14H,6-8,16H2,1-2H3. The van der Waals surface area contributed by atoms with Crippen molar-refractivity contribution in [3.8, 4) is 0 Å². The van der Waals surface area contributed by atoms with Crippen molar-refractivity contribution < 1.29 is 9.53 Å². The monoisotopic (exact) mass is 247 g/mol. The van der Waals surface area contributed by atoms with Crippen LogP contribution in [0.3, 0.4) is 0 Å². The van der Waals surface area contributed by atoms with Gasteiger partial charge in [0.05, 0.1) is 5.56 Å². The van der Waals surface area contributed by atoms with Crippen LogP contribution in [-0.2, 0) is 4.74 Å². The summed E-state index contributed by atoms with van der Waals surface area (Å²) in [6.45, 7) is 4.44. The third kappa shape index (κ3) is 3.25. The van der Waals surface area contributed by atoms with Gasteiger partial charge in [0.25, 0.3) is 0 Å². The Labute approximate surface area is 108 Å². The molecule has 18 heavy (non-hydrogen) atoms. The van der Waals surface area contributed by atoms with Crippen molar-refractivity contribution in [2.45, 2.75) is 39.2 Å². The second kappa shape index (κ2) is 5.42. The van der Waals surface area contributed by atoms with E-state index in [1.807, 2.05) is 0 Å². The SMILES string of the molecule is CC1CC(C)CC(OC(=O)c2cccc(N)c2)C1. The molecule has 2 atom stereocenters. The summed E-state index contributed by atoms with van der Waals surface area (Å²) < 4.78 is 5.58. The summed E-state index contributed by atoms with van der Waals surface area (Å²) in [6, 6.07) is 6.95. The molecule has 0 aromatic heterocycles. The lowest BCUT2D eigenvalue weighted by Crippen LogP contribution is -2.28. The number of nitrogen functional groups attached to an aromatic ring is 1. The second-order valence-corrected chi connectivity index (χ2v) is 5.57. The van der Waals surface area contributed by atoms with Gasteiger partial charge in [-0.1, -0.05) is 19.9 Å². The molecule has 3 heteroatoms. The molecular formula is C15H21NO2. The van der Waals surface area contributed by atoms with Crippen molar-refractivity contribution in [3.05, 3.63) is 29.8 Å². The second-order valence-electron chi connectivity index (χ2n) is 5.57. The molecule has 0 spiro atoms. The Hall–Kier alpha value is -1.51. The largest absolute Gasteiger partial charge is 0.459 e. The van der Waals surface area contributed by atoms with Crippen LogP contribution in [0.4, 0.5) is 5.69 Å². The van der Waals surface area contributed by atoms with Gasteiger partial charge >= 0.3 is 5.97 Å². The Morgan fingerprint density at radius 2 is 1.89 bits per heavy atom. The summed E-state index contributed by atoms with van der Waals surface area (Å²) in [7, 11) is 0. The highest BCUT2D eigenvalue weighted by atomic mass is 16.5. The first-order valence-corrected chi connectivity index (χ1v) is 6.61. The number of carbonyl (C=O) groups excluding carboxylic acids is 1. The van der Waals surface area contributed by atoms with E-state index in [0.717, 1.165) is 12.8 Å². The fraction of sp³-hybridized carbons (Fsp3) is 0.533. The van der Waals surface area contributed by atoms with Crippen LogP contribution in [0.25, 0.3) is 0 Å². The van der Waals surface area contributed by atoms with Crippen molar-refractivity contribution in [1.82, 2.24) is 0 Å². The van der Waals surface area contributed by atoms with E-state index in [9.17, 15) is 4.79 Å². The fourth-order valence-electron chi connectivity index (χ4n) is 2.85. The Balaban J connectivity index is 1.99. The number of benzene rings is 1. The number of ether oxygens (including phenoxy) is 1. The van der Waals surface area contributed by atoms with Crippen LogP contribution < -0.4 is 5.73 Å². The van der Waals surface area contributed by atoms with Crippen molar-refractivity contribution >= 4 is 11.7 Å². The van der Waals surface area contributed by atoms with Crippen LogP contribution in [0.2, 0.25) is 0 Å². The van der Waals surface area contributed by atoms with E-state index in [4.69, 9.17) is 10.5 Å². The molecule has 0 amide bonds. The van der Waals surface area contributed by atoms with E-state index in [0.29, 0.717) is 23.1 Å². The summed E-state index contributed by atoms with van der Waals surface area (Å²) in [5, 5.41) is 0. The molecule has 1 aromatic rings. The Kier molecular flexibility index (Phi) is 3.90. The zero-order valence-corrected chi connectivity index (χ0v) is 11.1. The average molecular weight is 247 g/mol. The first-order valence-electron chi connectivity index (χ1n) is 6.61. The molecule has 1 fully saturated rings. The van der Waals surface area contributed by atoms with Crippen LogP contribution in [0, 0.1) is 11.8 Å². The normalized spacial score (nSPS) is 27.8. The molecular weight excluding hydrogens is 226 g/mol. The summed E-state index contributed by atoms with van der Waals surface area (Å²) in [6.07, 6.45) is 3.22. The Morgan fingerprint density at radius 1 is 1.22 bits per heavy atom. The first-order chi connectivity index (χ1) is 8.54. The molecule has 0 saturated heterocycles. The summed E-state index contributed by atoms with van der Waals surface area (Å²) in [5.41, 5.74) is 6.80. The van der Waals surface area contributed by atoms with Crippen LogP contribution >= 0.6 is 0 Å². The third-order valence-electron chi connectivity index (χ3n) is 3.53. The fourth-order valence-corrected chi connectivity index (χ4v) is 2.85. The number of carbonyl (C=O) groups is 1. The molecule has 1 aliphatic rings. The predicted octanol–water partition coefficient (Wildman–Crippen LogP) is 3.25. The molecule has 1 aromatic carbocycles. The summed E-state index contributed by atoms with van der Waals surface area (Å²) >= 11 is 0. The van der Waals surface area contributed by atoms with Crippen LogP contribution in [-0.4, -0.2) is 12.1 Å². The van der Waals surface area contributed by atoms with Crippen molar-refractivity contribution in [3.63, 3.8) is 0 Å². The maximum atomic E-state index is 12.0. The Morgan fingerprint density at radius 3 is 2.50 bits per heavy atom. The smallest absolute Gasteiger partial charge is 0.338 e. The van der Waals surface area contributed by atoms with E-state index in [2.05, 4.69) is 13.8 Å². The van der Waals surface area contributed by atoms with Crippen LogP contribution in [0.15, 0.2) is 24.3 Å². The number of rotatable bonds is 2. The highest BCUT2D eigenvalue weighted by molar-refractivity contribution is 5.90. The Bertz CT molecular complexity index is 420. The van der Waals surface area contributed by atoms with Crippen LogP contribution in [0.5, 0.6) is 0 Å². The van der Waals surface area contributed by atoms with E-state index in [1.165, 1.54) is 6.42 Å². The van der Waals surface area contributed by atoms with Crippen molar-refractivity contribution in [1.29, 1.82) is 0 Å². The van der Waals surface area contributed by atoms with E-state index in [1.54, 1.807) is 24.3 Å². The van der Waals surface area contributed by atoms with E-state index < -0.39 is 0 Å². The van der Waals surface area contributed by atoms with Gasteiger partial charge in [0.15, 0.2) is 0 Å². The molecule has 0 aliphatic heterocycles. The molecule has 2 unspecified atom stereocenters. The van der Waals surface area contributed by atoms with Gasteiger partial charge in [-0.3, -0.25) is 0 Å². The summed E-state index contributed by atoms with van der Waals surface area (Å²) in [4.78, 5) is 12.0. The third-order valence-corrected chi connectivity index (χ3v) is 3.53. The lowest BCUT2D eigenvalue weighted by atomic mass is 9.82. The zero-order valence-electron chi connectivity index (χ0n) is 11.1. The van der Waals surface area contributed by atoms with Gasteiger partial charge in [0, 0.05) is 5.69 Å². The maximum Gasteiger partial charge on any atom is 0.338 e. The quantitative estimate of drug-likeness (QED) is 0.644. The molecule has 1 aliphatic carbocycles. The van der Waals surface area contributed by atoms with Gasteiger partial charge < -0.3 is 10.5 Å². The lowest BCUT2D eigenvalue weighted by molar-refractivity contribution is 0.00806. The summed E-state index contributed by atoms with van der Waals surface area (Å²) in [5.74, 6) is 1.01. The number of esters is 1. The predicted molar refractivity (Wildman–Crippen MR) is 72.2 cm³/mol. The minimum atomic E-state index is -0.256. The highest BCUT2D eigenvalue weighted by Crippen LogP contribution is 2.30. The molecule has 2 rings (SSSR count). The number of hydrogen-bond acceptors (Lipinski definition) is 3. The first kappa shape index (κ1) is 12.9. The molecule has 3 nitrogen and oxygen atoms in total. The van der Waals surface area contributed by atoms with Crippen LogP contribution in [0.1, 0.15) is 43.5 Å². The minimum absolute atomic E-state index is 0.0534. The highest BCUT2D eigenvalue weighted by Gasteiger charge is 2.26. The lowest BCUT2D eigenvalue weighted by Gasteiger charge is -2.31. The molecule has 0 heterocycles. The topological polar surface area (TPSA) is 52.3 Å². The van der Waals surface area contributed by atoms with Gasteiger partial charge in [0.1, 0.15) is 6.10 Å². The number of anilines is 1. The van der Waals surface area contributed by atoms with Gasteiger partial charge in [0.2, 0.25) is 0 Å². The van der Waals surface area contributed by atoms with Gasteiger partial charge in [-0.15, -0.1) is 0 Å². The number of hydrogen-bond donors (Lipinski definition) is 1. The van der Waals surface area contributed by atoms with Gasteiger partial charge in [-0.2, -0.15) is 0 Å². The van der Waals surface area contributed by atoms with Crippen molar-refractivity contribution in [2.24, 2.45) is 11.8 Å². The minimum Gasteiger partial charge on any atom is -0.459 e. The molecule has 2 N–H and O–H groups in total. The molecule has 0 radical (unpaired) electrons. The molecule has 98 valence electrons. The van der Waals surface area contributed by atoms with Crippen molar-refractivity contribution in [2.75, 3.05) is 5.73 Å².